The number of imidazole rings is 1. The van der Waals surface area contributed by atoms with Crippen molar-refractivity contribution in [3.8, 4) is 10.8 Å². The van der Waals surface area contributed by atoms with Crippen LogP contribution in [0.4, 0.5) is 14.5 Å². The molecule has 1 saturated heterocycles. The highest BCUT2D eigenvalue weighted by atomic mass is 32.2. The van der Waals surface area contributed by atoms with E-state index in [1.807, 2.05) is 6.92 Å². The van der Waals surface area contributed by atoms with Crippen LogP contribution in [0, 0.1) is 0 Å². The van der Waals surface area contributed by atoms with Crippen molar-refractivity contribution in [2.24, 2.45) is 0 Å². The van der Waals surface area contributed by atoms with Crippen molar-refractivity contribution in [3.05, 3.63) is 23.5 Å². The second-order valence-corrected chi connectivity index (χ2v) is 11.6. The molecule has 0 spiro atoms. The van der Waals surface area contributed by atoms with Gasteiger partial charge in [0.1, 0.15) is 4.90 Å². The lowest BCUT2D eigenvalue weighted by atomic mass is 10.1. The van der Waals surface area contributed by atoms with Crippen LogP contribution in [0.2, 0.25) is 0 Å². The minimum absolute atomic E-state index is 0.0996. The molecule has 1 saturated carbocycles. The highest BCUT2D eigenvalue weighted by molar-refractivity contribution is 7.89. The monoisotopic (exact) mass is 543 g/mol. The predicted molar refractivity (Wildman–Crippen MR) is 130 cm³/mol. The zero-order chi connectivity index (χ0) is 26.1. The van der Waals surface area contributed by atoms with E-state index in [1.165, 1.54) is 6.20 Å². The third-order valence-corrected chi connectivity index (χ3v) is 8.73. The Morgan fingerprint density at radius 1 is 1.39 bits per heavy atom. The lowest BCUT2D eigenvalue weighted by Gasteiger charge is -2.35. The molecular formula is C21H27F2N7O4S2. The number of hydrogen-bond donors (Lipinski definition) is 3. The molecule has 11 nitrogen and oxygen atoms in total. The number of alkyl halides is 2. The summed E-state index contributed by atoms with van der Waals surface area (Å²) in [6.07, 6.45) is 2.89. The summed E-state index contributed by atoms with van der Waals surface area (Å²) in [7, 11) is -3.81. The summed E-state index contributed by atoms with van der Waals surface area (Å²) in [5, 5.41) is 17.6. The normalized spacial score (nSPS) is 19.2. The van der Waals surface area contributed by atoms with Crippen LogP contribution < -0.4 is 14.9 Å². The van der Waals surface area contributed by atoms with E-state index in [0.717, 1.165) is 49.4 Å². The van der Waals surface area contributed by atoms with E-state index in [0.29, 0.717) is 12.1 Å². The lowest BCUT2D eigenvalue weighted by Crippen LogP contribution is -2.50. The zero-order valence-corrected chi connectivity index (χ0v) is 21.3. The van der Waals surface area contributed by atoms with Crippen molar-refractivity contribution in [2.75, 3.05) is 24.5 Å². The third-order valence-electron chi connectivity index (χ3n) is 6.19. The molecule has 0 amide bonds. The van der Waals surface area contributed by atoms with Crippen LogP contribution >= 0.6 is 11.3 Å². The van der Waals surface area contributed by atoms with Crippen LogP contribution in [0.5, 0.6) is 0 Å². The molecule has 3 N–H and O–H groups in total. The van der Waals surface area contributed by atoms with E-state index in [4.69, 9.17) is 9.90 Å². The van der Waals surface area contributed by atoms with Crippen LogP contribution in [-0.2, 0) is 14.8 Å². The molecule has 0 radical (unpaired) electrons. The topological polar surface area (TPSA) is 142 Å². The van der Waals surface area contributed by atoms with Crippen LogP contribution in [0.1, 0.15) is 44.5 Å². The molecule has 0 bridgehead atoms. The summed E-state index contributed by atoms with van der Waals surface area (Å²) in [4.78, 5) is 15.0. The van der Waals surface area contributed by atoms with Gasteiger partial charge in [-0.25, -0.2) is 26.9 Å². The number of nitrogens with zero attached hydrogens (tertiary/aromatic N) is 5. The molecule has 0 aromatic carbocycles. The minimum atomic E-state index is -3.81. The minimum Gasteiger partial charge on any atom is -0.483 e. The molecule has 196 valence electrons. The van der Waals surface area contributed by atoms with Gasteiger partial charge < -0.3 is 15.3 Å². The van der Waals surface area contributed by atoms with Gasteiger partial charge in [-0.15, -0.1) is 10.2 Å². The second-order valence-electron chi connectivity index (χ2n) is 8.92. The highest BCUT2D eigenvalue weighted by Gasteiger charge is 2.41. The average Bonchev–Trinajstić information content (AvgIpc) is 3.23. The first-order chi connectivity index (χ1) is 17.1. The first kappa shape index (κ1) is 26.3. The molecule has 2 aliphatic rings. The first-order valence-electron chi connectivity index (χ1n) is 11.3. The molecule has 4 heterocycles. The summed E-state index contributed by atoms with van der Waals surface area (Å²) in [5.74, 6) is 0.285. The first-order valence-corrected chi connectivity index (χ1v) is 13.6. The van der Waals surface area contributed by atoms with E-state index in [1.54, 1.807) is 16.7 Å². The fourth-order valence-electron chi connectivity index (χ4n) is 4.02. The highest BCUT2D eigenvalue weighted by Crippen LogP contribution is 2.37. The number of fused-ring (bicyclic) bond motifs is 1. The van der Waals surface area contributed by atoms with Gasteiger partial charge in [-0.3, -0.25) is 9.20 Å². The molecule has 1 aliphatic carbocycles. The van der Waals surface area contributed by atoms with Gasteiger partial charge >= 0.3 is 0 Å². The molecule has 15 heteroatoms. The van der Waals surface area contributed by atoms with Gasteiger partial charge in [0.15, 0.2) is 15.8 Å². The quantitative estimate of drug-likeness (QED) is 0.383. The van der Waals surface area contributed by atoms with Gasteiger partial charge in [0, 0.05) is 37.4 Å². The van der Waals surface area contributed by atoms with Crippen LogP contribution in [-0.4, -0.2) is 70.8 Å². The number of hydrogen-bond acceptors (Lipinski definition) is 9. The van der Waals surface area contributed by atoms with Crippen LogP contribution in [0.3, 0.4) is 0 Å². The fourth-order valence-corrected chi connectivity index (χ4v) is 6.19. The van der Waals surface area contributed by atoms with E-state index >= 15 is 0 Å². The van der Waals surface area contributed by atoms with Crippen molar-refractivity contribution in [1.29, 1.82) is 0 Å². The molecule has 36 heavy (non-hydrogen) atoms. The Hall–Kier alpha value is -2.75. The van der Waals surface area contributed by atoms with Gasteiger partial charge in [0.25, 0.3) is 12.9 Å². The Kier molecular flexibility index (Phi) is 7.54. The number of rotatable bonds is 7. The molecule has 1 aliphatic heterocycles. The third kappa shape index (κ3) is 5.48. The molecule has 3 aromatic rings. The number of halogens is 2. The predicted octanol–water partition coefficient (Wildman–Crippen LogP) is 2.51. The number of carboxylic acid groups (broad SMARTS) is 1. The lowest BCUT2D eigenvalue weighted by molar-refractivity contribution is -0.122. The van der Waals surface area contributed by atoms with Crippen molar-refractivity contribution in [2.45, 2.75) is 56.0 Å². The van der Waals surface area contributed by atoms with Gasteiger partial charge in [-0.2, -0.15) is 0 Å². The fraction of sp³-hybridized carbons (Fsp3) is 0.524. The van der Waals surface area contributed by atoms with E-state index in [9.17, 15) is 17.2 Å². The van der Waals surface area contributed by atoms with Crippen molar-refractivity contribution in [3.63, 3.8) is 0 Å². The molecule has 0 unspecified atom stereocenters. The Bertz CT molecular complexity index is 1340. The maximum absolute atomic E-state index is 13.2. The summed E-state index contributed by atoms with van der Waals surface area (Å²) in [5.41, 5.74) is 0.989. The Labute approximate surface area is 210 Å². The second kappa shape index (κ2) is 10.3. The number of aromatic nitrogens is 4. The Morgan fingerprint density at radius 3 is 2.72 bits per heavy atom. The van der Waals surface area contributed by atoms with Gasteiger partial charge in [-0.05, 0) is 32.3 Å². The number of carbonyl (C=O) groups is 1. The van der Waals surface area contributed by atoms with E-state index in [-0.39, 0.29) is 28.2 Å². The largest absolute Gasteiger partial charge is 0.483 e. The number of piperazine rings is 1. The van der Waals surface area contributed by atoms with Gasteiger partial charge in [-0.1, -0.05) is 18.3 Å². The Morgan fingerprint density at radius 2 is 2.11 bits per heavy atom. The number of nitrogens with one attached hydrogen (secondary N) is 2. The molecule has 2 fully saturated rings. The molecule has 5 rings (SSSR count). The maximum atomic E-state index is 13.2. The molecule has 3 aromatic heterocycles. The number of sulfonamides is 1. The summed E-state index contributed by atoms with van der Waals surface area (Å²) in [6, 6.07) is 1.96. The van der Waals surface area contributed by atoms with E-state index in [2.05, 4.69) is 37.0 Å². The smallest absolute Gasteiger partial charge is 0.291 e. The van der Waals surface area contributed by atoms with Crippen molar-refractivity contribution in [1.82, 2.24) is 29.6 Å². The average molecular weight is 544 g/mol. The summed E-state index contributed by atoms with van der Waals surface area (Å²) in [6.45, 7) is 5.92. The van der Waals surface area contributed by atoms with Gasteiger partial charge in [0.05, 0.1) is 17.4 Å². The van der Waals surface area contributed by atoms with Crippen LogP contribution in [0.25, 0.3) is 16.3 Å². The maximum Gasteiger partial charge on any atom is 0.291 e. The zero-order valence-electron chi connectivity index (χ0n) is 19.7. The van der Waals surface area contributed by atoms with E-state index < -0.39 is 27.0 Å². The van der Waals surface area contributed by atoms with Gasteiger partial charge in [0.2, 0.25) is 10.0 Å². The molecule has 1 atom stereocenters. The SMILES string of the molecule is CC[C@H]1CN(c2cc(S(=O)(=O)NC3(C)CC3)cn3c(-c4nnc(C(F)F)s4)ncc23)CCN1.O=CO. The van der Waals surface area contributed by atoms with Crippen molar-refractivity contribution < 1.29 is 27.1 Å². The Balaban J connectivity index is 0.000000967. The summed E-state index contributed by atoms with van der Waals surface area (Å²) >= 11 is 0.748. The standard InChI is InChI=1S/C20H25F2N7O2S2.CH2O2/c1-3-12-10-28(7-6-23-12)14-8-13(33(30,31)27-20(2)4-5-20)11-29-15(14)9-24-17(29)19-26-25-18(32-19)16(21)22;2-1-3/h8-9,11-12,16,23,27H,3-7,10H2,1-2H3;1H,(H,2,3)/t12-;/m0./s1. The molecular weight excluding hydrogens is 516 g/mol. The van der Waals surface area contributed by atoms with Crippen molar-refractivity contribution >= 4 is 39.0 Å². The number of pyridine rings is 1. The number of anilines is 1. The van der Waals surface area contributed by atoms with Crippen LogP contribution in [0.15, 0.2) is 23.4 Å². The summed E-state index contributed by atoms with van der Waals surface area (Å²) < 4.78 is 57.1.